The lowest BCUT2D eigenvalue weighted by atomic mass is 10.2. The Morgan fingerprint density at radius 2 is 1.97 bits per heavy atom. The molecule has 0 unspecified atom stereocenters. The molecule has 0 aliphatic rings. The predicted octanol–water partition coefficient (Wildman–Crippen LogP) is 3.23. The summed E-state index contributed by atoms with van der Waals surface area (Å²) < 4.78 is 32.5. The van der Waals surface area contributed by atoms with Crippen molar-refractivity contribution in [2.24, 2.45) is 0 Å². The van der Waals surface area contributed by atoms with Crippen molar-refractivity contribution in [2.45, 2.75) is 24.8 Å². The molecule has 0 saturated carbocycles. The molecule has 0 fully saturated rings. The van der Waals surface area contributed by atoms with Crippen LogP contribution in [-0.2, 0) is 21.4 Å². The largest absolute Gasteiger partial charge is 0.431 e. The second kappa shape index (κ2) is 9.64. The SMILES string of the molecule is Cc1cccc(S(=O)(=O)NCCC(=O)NCc2ccc(Oc3nccs3)cc2)c1. The van der Waals surface area contributed by atoms with E-state index >= 15 is 0 Å². The van der Waals surface area contributed by atoms with E-state index in [2.05, 4.69) is 15.0 Å². The molecule has 29 heavy (non-hydrogen) atoms. The van der Waals surface area contributed by atoms with Gasteiger partial charge in [-0.2, -0.15) is 0 Å². The highest BCUT2D eigenvalue weighted by Crippen LogP contribution is 2.23. The van der Waals surface area contributed by atoms with Crippen LogP contribution in [0, 0.1) is 6.92 Å². The normalized spacial score (nSPS) is 11.2. The summed E-state index contributed by atoms with van der Waals surface area (Å²) in [6, 6.07) is 13.9. The summed E-state index contributed by atoms with van der Waals surface area (Å²) in [6.07, 6.45) is 1.72. The number of hydrogen-bond donors (Lipinski definition) is 2. The first-order valence-corrected chi connectivity index (χ1v) is 11.3. The quantitative estimate of drug-likeness (QED) is 0.542. The Balaban J connectivity index is 1.42. The highest BCUT2D eigenvalue weighted by molar-refractivity contribution is 7.89. The zero-order chi connectivity index (χ0) is 20.7. The molecule has 3 rings (SSSR count). The van der Waals surface area contributed by atoms with E-state index in [0.29, 0.717) is 17.5 Å². The first kappa shape index (κ1) is 21.0. The van der Waals surface area contributed by atoms with E-state index in [1.165, 1.54) is 17.4 Å². The maximum absolute atomic E-state index is 12.2. The van der Waals surface area contributed by atoms with Crippen LogP contribution < -0.4 is 14.8 Å². The number of benzene rings is 2. The number of sulfonamides is 1. The molecule has 1 heterocycles. The topological polar surface area (TPSA) is 97.4 Å². The number of carbonyl (C=O) groups is 1. The van der Waals surface area contributed by atoms with Crippen molar-refractivity contribution >= 4 is 27.3 Å². The molecule has 2 aromatic carbocycles. The number of rotatable bonds is 9. The van der Waals surface area contributed by atoms with Gasteiger partial charge in [0.1, 0.15) is 5.75 Å². The number of thiazole rings is 1. The lowest BCUT2D eigenvalue weighted by Crippen LogP contribution is -2.30. The van der Waals surface area contributed by atoms with Gasteiger partial charge in [-0.05, 0) is 42.3 Å². The van der Waals surface area contributed by atoms with Gasteiger partial charge in [-0.25, -0.2) is 18.1 Å². The maximum atomic E-state index is 12.2. The standard InChI is InChI=1S/C20H21N3O4S2/c1-15-3-2-4-18(13-15)29(25,26)23-10-9-19(24)22-14-16-5-7-17(8-6-16)27-20-21-11-12-28-20/h2-8,11-13,23H,9-10,14H2,1H3,(H,22,24). The number of aryl methyl sites for hydroxylation is 1. The van der Waals surface area contributed by atoms with Crippen molar-refractivity contribution in [3.05, 3.63) is 71.2 Å². The number of nitrogens with zero attached hydrogens (tertiary/aromatic N) is 1. The smallest absolute Gasteiger partial charge is 0.278 e. The van der Waals surface area contributed by atoms with E-state index < -0.39 is 10.0 Å². The van der Waals surface area contributed by atoms with E-state index in [-0.39, 0.29) is 23.8 Å². The van der Waals surface area contributed by atoms with Crippen LogP contribution in [0.25, 0.3) is 0 Å². The van der Waals surface area contributed by atoms with Gasteiger partial charge in [-0.3, -0.25) is 4.79 Å². The molecule has 152 valence electrons. The minimum atomic E-state index is -3.62. The minimum Gasteiger partial charge on any atom is -0.431 e. The van der Waals surface area contributed by atoms with Crippen LogP contribution in [0.1, 0.15) is 17.5 Å². The van der Waals surface area contributed by atoms with Crippen LogP contribution in [0.4, 0.5) is 0 Å². The summed E-state index contributed by atoms with van der Waals surface area (Å²) in [5.74, 6) is 0.431. The maximum Gasteiger partial charge on any atom is 0.278 e. The molecule has 0 aliphatic carbocycles. The van der Waals surface area contributed by atoms with Gasteiger partial charge < -0.3 is 10.1 Å². The first-order chi connectivity index (χ1) is 13.9. The number of carbonyl (C=O) groups excluding carboxylic acids is 1. The zero-order valence-corrected chi connectivity index (χ0v) is 17.4. The van der Waals surface area contributed by atoms with Crippen LogP contribution in [-0.4, -0.2) is 25.9 Å². The molecule has 2 N–H and O–H groups in total. The number of nitrogens with one attached hydrogen (secondary N) is 2. The Morgan fingerprint density at radius 1 is 1.17 bits per heavy atom. The van der Waals surface area contributed by atoms with E-state index in [9.17, 15) is 13.2 Å². The molecule has 3 aromatic rings. The number of hydrogen-bond acceptors (Lipinski definition) is 6. The molecule has 0 bridgehead atoms. The van der Waals surface area contributed by atoms with Crippen molar-refractivity contribution in [3.8, 4) is 10.9 Å². The molecule has 0 spiro atoms. The van der Waals surface area contributed by atoms with Gasteiger partial charge in [-0.15, -0.1) is 0 Å². The summed E-state index contributed by atoms with van der Waals surface area (Å²) in [6.45, 7) is 2.20. The average Bonchev–Trinajstić information content (AvgIpc) is 3.20. The van der Waals surface area contributed by atoms with Crippen molar-refractivity contribution in [1.82, 2.24) is 15.0 Å². The highest BCUT2D eigenvalue weighted by Gasteiger charge is 2.14. The first-order valence-electron chi connectivity index (χ1n) is 8.92. The fourth-order valence-electron chi connectivity index (χ4n) is 2.49. The Morgan fingerprint density at radius 3 is 2.66 bits per heavy atom. The average molecular weight is 432 g/mol. The lowest BCUT2D eigenvalue weighted by Gasteiger charge is -2.09. The van der Waals surface area contributed by atoms with Crippen LogP contribution in [0.3, 0.4) is 0 Å². The molecule has 1 aromatic heterocycles. The van der Waals surface area contributed by atoms with Gasteiger partial charge in [0.05, 0.1) is 4.90 Å². The van der Waals surface area contributed by atoms with Crippen molar-refractivity contribution in [3.63, 3.8) is 0 Å². The Labute approximate surface area is 173 Å². The van der Waals surface area contributed by atoms with Crippen molar-refractivity contribution < 1.29 is 17.9 Å². The van der Waals surface area contributed by atoms with Gasteiger partial charge in [0.15, 0.2) is 0 Å². The summed E-state index contributed by atoms with van der Waals surface area (Å²) in [5.41, 5.74) is 1.76. The third-order valence-electron chi connectivity index (χ3n) is 3.97. The van der Waals surface area contributed by atoms with Gasteiger partial charge in [-0.1, -0.05) is 35.6 Å². The number of amides is 1. The Kier molecular flexibility index (Phi) is 6.97. The van der Waals surface area contributed by atoms with Crippen LogP contribution in [0.5, 0.6) is 10.9 Å². The third kappa shape index (κ3) is 6.38. The van der Waals surface area contributed by atoms with Gasteiger partial charge in [0, 0.05) is 31.1 Å². The minimum absolute atomic E-state index is 0.0305. The molecule has 1 amide bonds. The van der Waals surface area contributed by atoms with E-state index in [1.807, 2.05) is 30.5 Å². The molecular formula is C20H21N3O4S2. The van der Waals surface area contributed by atoms with Crippen LogP contribution >= 0.6 is 11.3 Å². The molecule has 0 radical (unpaired) electrons. The van der Waals surface area contributed by atoms with E-state index in [0.717, 1.165) is 11.1 Å². The fraction of sp³-hybridized carbons (Fsp3) is 0.200. The predicted molar refractivity (Wildman–Crippen MR) is 111 cm³/mol. The van der Waals surface area contributed by atoms with Gasteiger partial charge in [0.25, 0.3) is 5.19 Å². The Bertz CT molecular complexity index is 1050. The van der Waals surface area contributed by atoms with E-state index in [1.54, 1.807) is 30.5 Å². The second-order valence-electron chi connectivity index (χ2n) is 6.29. The van der Waals surface area contributed by atoms with Crippen LogP contribution in [0.2, 0.25) is 0 Å². The molecule has 0 saturated heterocycles. The monoisotopic (exact) mass is 431 g/mol. The van der Waals surface area contributed by atoms with Crippen molar-refractivity contribution in [1.29, 1.82) is 0 Å². The zero-order valence-electron chi connectivity index (χ0n) is 15.8. The lowest BCUT2D eigenvalue weighted by molar-refractivity contribution is -0.121. The van der Waals surface area contributed by atoms with Crippen LogP contribution in [0.15, 0.2) is 65.0 Å². The summed E-state index contributed by atoms with van der Waals surface area (Å²) in [5, 5.41) is 5.18. The van der Waals surface area contributed by atoms with Gasteiger partial charge in [0.2, 0.25) is 15.9 Å². The summed E-state index contributed by atoms with van der Waals surface area (Å²) in [4.78, 5) is 16.2. The van der Waals surface area contributed by atoms with Crippen molar-refractivity contribution in [2.75, 3.05) is 6.54 Å². The number of ether oxygens (including phenoxy) is 1. The molecular weight excluding hydrogens is 410 g/mol. The Hall–Kier alpha value is -2.75. The second-order valence-corrected chi connectivity index (χ2v) is 8.91. The number of aromatic nitrogens is 1. The fourth-order valence-corrected chi connectivity index (χ4v) is 4.13. The highest BCUT2D eigenvalue weighted by atomic mass is 32.2. The molecule has 9 heteroatoms. The molecule has 7 nitrogen and oxygen atoms in total. The summed E-state index contributed by atoms with van der Waals surface area (Å²) in [7, 11) is -3.62. The molecule has 0 atom stereocenters. The summed E-state index contributed by atoms with van der Waals surface area (Å²) >= 11 is 1.41. The third-order valence-corrected chi connectivity index (χ3v) is 6.08. The van der Waals surface area contributed by atoms with E-state index in [4.69, 9.17) is 4.74 Å². The molecule has 0 aliphatic heterocycles. The van der Waals surface area contributed by atoms with Gasteiger partial charge >= 0.3 is 0 Å².